The number of aliphatic hydroxyl groups is 1. The summed E-state index contributed by atoms with van der Waals surface area (Å²) in [6.45, 7) is 6.18. The molecule has 6 heteroatoms. The fraction of sp³-hybridized carbons (Fsp3) is 0.312. The first-order valence-electron chi connectivity index (χ1n) is 7.17. The molecule has 0 bridgehead atoms. The number of aryl methyl sites for hydroxylation is 1. The van der Waals surface area contributed by atoms with Crippen LogP contribution in [-0.2, 0) is 6.61 Å². The van der Waals surface area contributed by atoms with Crippen molar-refractivity contribution in [2.75, 3.05) is 0 Å². The molecule has 1 aromatic carbocycles. The third-order valence-corrected chi connectivity index (χ3v) is 4.36. The lowest BCUT2D eigenvalue weighted by atomic mass is 10.2. The Hall–Kier alpha value is -1.92. The van der Waals surface area contributed by atoms with Gasteiger partial charge in [-0.1, -0.05) is 23.9 Å². The molecule has 0 saturated carbocycles. The Morgan fingerprint density at radius 3 is 2.55 bits per heavy atom. The standard InChI is InChI=1S/C16H18N4OS/c1-10(2)20-9-17-14-15(20)18-11(3)19-16(14)22-13-6-4-12(8-21)5-7-13/h4-7,9-10,21H,8H2,1-3H3. The van der Waals surface area contributed by atoms with E-state index < -0.39 is 0 Å². The lowest BCUT2D eigenvalue weighted by Crippen LogP contribution is -2.01. The zero-order valence-corrected chi connectivity index (χ0v) is 13.6. The third-order valence-electron chi connectivity index (χ3n) is 3.38. The fourth-order valence-electron chi connectivity index (χ4n) is 2.22. The van der Waals surface area contributed by atoms with E-state index in [1.807, 2.05) is 37.5 Å². The van der Waals surface area contributed by atoms with Gasteiger partial charge in [-0.2, -0.15) is 0 Å². The second-order valence-corrected chi connectivity index (χ2v) is 6.46. The molecule has 3 aromatic rings. The largest absolute Gasteiger partial charge is 0.392 e. The van der Waals surface area contributed by atoms with Crippen molar-refractivity contribution in [3.05, 3.63) is 42.0 Å². The van der Waals surface area contributed by atoms with Crippen LogP contribution >= 0.6 is 11.8 Å². The quantitative estimate of drug-likeness (QED) is 0.748. The Kier molecular flexibility index (Phi) is 4.13. The van der Waals surface area contributed by atoms with E-state index in [4.69, 9.17) is 5.11 Å². The van der Waals surface area contributed by atoms with E-state index in [-0.39, 0.29) is 6.61 Å². The number of nitrogens with zero attached hydrogens (tertiary/aromatic N) is 4. The summed E-state index contributed by atoms with van der Waals surface area (Å²) >= 11 is 1.57. The summed E-state index contributed by atoms with van der Waals surface area (Å²) in [5, 5.41) is 9.97. The molecule has 22 heavy (non-hydrogen) atoms. The van der Waals surface area contributed by atoms with Gasteiger partial charge in [-0.25, -0.2) is 15.0 Å². The summed E-state index contributed by atoms with van der Waals surface area (Å²) in [7, 11) is 0. The van der Waals surface area contributed by atoms with Crippen LogP contribution in [0.5, 0.6) is 0 Å². The molecule has 0 unspecified atom stereocenters. The van der Waals surface area contributed by atoms with E-state index >= 15 is 0 Å². The Morgan fingerprint density at radius 1 is 1.18 bits per heavy atom. The molecule has 114 valence electrons. The summed E-state index contributed by atoms with van der Waals surface area (Å²) in [6, 6.07) is 8.11. The highest BCUT2D eigenvalue weighted by atomic mass is 32.2. The van der Waals surface area contributed by atoms with Crippen LogP contribution in [-0.4, -0.2) is 24.6 Å². The number of aromatic nitrogens is 4. The van der Waals surface area contributed by atoms with Gasteiger partial charge in [-0.15, -0.1) is 0 Å². The van der Waals surface area contributed by atoms with Gasteiger partial charge in [0.05, 0.1) is 12.9 Å². The summed E-state index contributed by atoms with van der Waals surface area (Å²) in [5.74, 6) is 0.740. The van der Waals surface area contributed by atoms with Crippen molar-refractivity contribution in [2.45, 2.75) is 43.3 Å². The lowest BCUT2D eigenvalue weighted by Gasteiger charge is -2.08. The zero-order chi connectivity index (χ0) is 15.7. The summed E-state index contributed by atoms with van der Waals surface area (Å²) in [6.07, 6.45) is 1.82. The first-order chi connectivity index (χ1) is 10.6. The Bertz CT molecular complexity index is 796. The van der Waals surface area contributed by atoms with Gasteiger partial charge in [0.1, 0.15) is 16.4 Å². The van der Waals surface area contributed by atoms with Gasteiger partial charge in [-0.3, -0.25) is 0 Å². The van der Waals surface area contributed by atoms with Crippen LogP contribution < -0.4 is 0 Å². The summed E-state index contributed by atoms with van der Waals surface area (Å²) in [4.78, 5) is 14.6. The average Bonchev–Trinajstić information content (AvgIpc) is 2.92. The van der Waals surface area contributed by atoms with Crippen LogP contribution in [0.15, 0.2) is 40.5 Å². The van der Waals surface area contributed by atoms with Gasteiger partial charge in [-0.05, 0) is 38.5 Å². The predicted molar refractivity (Wildman–Crippen MR) is 86.9 cm³/mol. The molecule has 2 heterocycles. The van der Waals surface area contributed by atoms with Crippen LogP contribution in [0.3, 0.4) is 0 Å². The number of benzene rings is 1. The highest BCUT2D eigenvalue weighted by Crippen LogP contribution is 2.31. The number of aliphatic hydroxyl groups excluding tert-OH is 1. The molecule has 0 fully saturated rings. The zero-order valence-electron chi connectivity index (χ0n) is 12.8. The van der Waals surface area contributed by atoms with E-state index in [0.717, 1.165) is 32.5 Å². The molecule has 1 N–H and O–H groups in total. The van der Waals surface area contributed by atoms with Crippen molar-refractivity contribution < 1.29 is 5.11 Å². The highest BCUT2D eigenvalue weighted by molar-refractivity contribution is 7.99. The maximum absolute atomic E-state index is 9.11. The van der Waals surface area contributed by atoms with Crippen LogP contribution in [0, 0.1) is 6.92 Å². The molecular weight excluding hydrogens is 296 g/mol. The van der Waals surface area contributed by atoms with Gasteiger partial charge in [0.15, 0.2) is 5.65 Å². The van der Waals surface area contributed by atoms with E-state index in [1.54, 1.807) is 11.8 Å². The summed E-state index contributed by atoms with van der Waals surface area (Å²) in [5.41, 5.74) is 2.60. The van der Waals surface area contributed by atoms with E-state index in [2.05, 4.69) is 33.4 Å². The Labute approximate surface area is 133 Å². The normalized spacial score (nSPS) is 11.5. The molecule has 5 nitrogen and oxygen atoms in total. The van der Waals surface area contributed by atoms with Crippen molar-refractivity contribution in [2.24, 2.45) is 0 Å². The number of fused-ring (bicyclic) bond motifs is 1. The first-order valence-corrected chi connectivity index (χ1v) is 7.99. The molecule has 0 radical (unpaired) electrons. The number of hydrogen-bond acceptors (Lipinski definition) is 5. The van der Waals surface area contributed by atoms with Crippen molar-refractivity contribution in [3.8, 4) is 0 Å². The monoisotopic (exact) mass is 314 g/mol. The van der Waals surface area contributed by atoms with Crippen molar-refractivity contribution in [1.29, 1.82) is 0 Å². The minimum atomic E-state index is 0.0562. The smallest absolute Gasteiger partial charge is 0.164 e. The minimum absolute atomic E-state index is 0.0562. The van der Waals surface area contributed by atoms with Gasteiger partial charge in [0, 0.05) is 10.9 Å². The molecule has 0 saturated heterocycles. The number of rotatable bonds is 4. The van der Waals surface area contributed by atoms with Crippen LogP contribution in [0.25, 0.3) is 11.2 Å². The van der Waals surface area contributed by atoms with Gasteiger partial charge in [0.25, 0.3) is 0 Å². The van der Waals surface area contributed by atoms with E-state index in [0.29, 0.717) is 6.04 Å². The van der Waals surface area contributed by atoms with Gasteiger partial charge in [0.2, 0.25) is 0 Å². The topological polar surface area (TPSA) is 63.8 Å². The molecule has 2 aromatic heterocycles. The second kappa shape index (κ2) is 6.06. The van der Waals surface area contributed by atoms with Gasteiger partial charge < -0.3 is 9.67 Å². The van der Waals surface area contributed by atoms with Crippen LogP contribution in [0.4, 0.5) is 0 Å². The molecule has 0 atom stereocenters. The number of hydrogen-bond donors (Lipinski definition) is 1. The fourth-order valence-corrected chi connectivity index (χ4v) is 3.13. The number of imidazole rings is 1. The van der Waals surface area contributed by atoms with E-state index in [9.17, 15) is 0 Å². The third kappa shape index (κ3) is 2.84. The molecule has 0 amide bonds. The maximum atomic E-state index is 9.11. The molecule has 0 aliphatic carbocycles. The Balaban J connectivity index is 2.02. The second-order valence-electron chi connectivity index (χ2n) is 5.40. The summed E-state index contributed by atoms with van der Waals surface area (Å²) < 4.78 is 2.06. The highest BCUT2D eigenvalue weighted by Gasteiger charge is 2.14. The first kappa shape index (κ1) is 15.0. The van der Waals surface area contributed by atoms with Gasteiger partial charge >= 0.3 is 0 Å². The average molecular weight is 314 g/mol. The predicted octanol–water partition coefficient (Wildman–Crippen LogP) is 3.36. The molecule has 0 aliphatic rings. The SMILES string of the molecule is Cc1nc(Sc2ccc(CO)cc2)c2ncn(C(C)C)c2n1. The van der Waals surface area contributed by atoms with Crippen LogP contribution in [0.1, 0.15) is 31.3 Å². The van der Waals surface area contributed by atoms with Crippen molar-refractivity contribution >= 4 is 22.9 Å². The molecular formula is C16H18N4OS. The molecule has 0 spiro atoms. The maximum Gasteiger partial charge on any atom is 0.164 e. The van der Waals surface area contributed by atoms with Crippen molar-refractivity contribution in [1.82, 2.24) is 19.5 Å². The lowest BCUT2D eigenvalue weighted by molar-refractivity contribution is 0.282. The van der Waals surface area contributed by atoms with Crippen molar-refractivity contribution in [3.63, 3.8) is 0 Å². The van der Waals surface area contributed by atoms with E-state index in [1.165, 1.54) is 0 Å². The molecule has 3 rings (SSSR count). The Morgan fingerprint density at radius 2 is 1.91 bits per heavy atom. The molecule has 0 aliphatic heterocycles. The minimum Gasteiger partial charge on any atom is -0.392 e. The van der Waals surface area contributed by atoms with Crippen LogP contribution in [0.2, 0.25) is 0 Å².